The summed E-state index contributed by atoms with van der Waals surface area (Å²) in [7, 11) is 0. The predicted octanol–water partition coefficient (Wildman–Crippen LogP) is 3.13. The molecule has 0 saturated carbocycles. The van der Waals surface area contributed by atoms with Crippen LogP contribution in [-0.2, 0) is 11.2 Å². The Bertz CT molecular complexity index is 617. The lowest BCUT2D eigenvalue weighted by Crippen LogP contribution is -2.22. The van der Waals surface area contributed by atoms with E-state index in [1.807, 2.05) is 25.3 Å². The van der Waals surface area contributed by atoms with Crippen LogP contribution in [-0.4, -0.2) is 22.6 Å². The summed E-state index contributed by atoms with van der Waals surface area (Å²) in [6, 6.07) is 7.33. The number of carbonyl (C=O) groups excluding carboxylic acids is 1. The van der Waals surface area contributed by atoms with Gasteiger partial charge in [-0.25, -0.2) is 0 Å². The molecule has 1 heterocycles. The van der Waals surface area contributed by atoms with Crippen LogP contribution in [0.15, 0.2) is 36.5 Å². The number of hydrogen-bond donors (Lipinski definition) is 2. The zero-order valence-electron chi connectivity index (χ0n) is 11.9. The van der Waals surface area contributed by atoms with Gasteiger partial charge in [-0.15, -0.1) is 0 Å². The minimum absolute atomic E-state index is 0.0890. The summed E-state index contributed by atoms with van der Waals surface area (Å²) < 4.78 is 0. The molecule has 4 nitrogen and oxygen atoms in total. The minimum atomic E-state index is -0.0890. The number of nitrogens with zero attached hydrogens (tertiary/aromatic N) is 1. The van der Waals surface area contributed by atoms with Gasteiger partial charge in [-0.3, -0.25) is 9.89 Å². The summed E-state index contributed by atoms with van der Waals surface area (Å²) >= 11 is 5.80. The molecule has 0 atom stereocenters. The summed E-state index contributed by atoms with van der Waals surface area (Å²) in [6.45, 7) is 2.64. The van der Waals surface area contributed by atoms with Crippen LogP contribution in [0.4, 0.5) is 0 Å². The van der Waals surface area contributed by atoms with Gasteiger partial charge in [0.1, 0.15) is 0 Å². The van der Waals surface area contributed by atoms with Crippen molar-refractivity contribution in [2.75, 3.05) is 6.54 Å². The van der Waals surface area contributed by atoms with E-state index in [-0.39, 0.29) is 5.91 Å². The van der Waals surface area contributed by atoms with Crippen molar-refractivity contribution in [2.24, 2.45) is 0 Å². The number of H-pyrrole nitrogens is 1. The van der Waals surface area contributed by atoms with Crippen molar-refractivity contribution in [1.29, 1.82) is 0 Å². The fourth-order valence-corrected chi connectivity index (χ4v) is 2.05. The maximum atomic E-state index is 11.7. The molecule has 1 amide bonds. The third-order valence-corrected chi connectivity index (χ3v) is 3.41. The topological polar surface area (TPSA) is 57.8 Å². The molecule has 2 rings (SSSR count). The van der Waals surface area contributed by atoms with Gasteiger partial charge in [0, 0.05) is 23.3 Å². The highest BCUT2D eigenvalue weighted by Crippen LogP contribution is 2.10. The minimum Gasteiger partial charge on any atom is -0.353 e. The SMILES string of the molecule is Cc1[nH]ncc1CCCNC(=O)C=Cc1ccc(Cl)cc1. The lowest BCUT2D eigenvalue weighted by Gasteiger charge is -2.02. The Morgan fingerprint density at radius 1 is 1.38 bits per heavy atom. The number of aromatic nitrogens is 2. The summed E-state index contributed by atoms with van der Waals surface area (Å²) in [4.78, 5) is 11.7. The van der Waals surface area contributed by atoms with Crippen molar-refractivity contribution < 1.29 is 4.79 Å². The molecule has 0 aliphatic heterocycles. The Morgan fingerprint density at radius 3 is 2.81 bits per heavy atom. The van der Waals surface area contributed by atoms with Crippen LogP contribution < -0.4 is 5.32 Å². The van der Waals surface area contributed by atoms with Gasteiger partial charge in [0.2, 0.25) is 5.91 Å². The molecule has 0 unspecified atom stereocenters. The molecule has 2 aromatic rings. The molecule has 0 saturated heterocycles. The Labute approximate surface area is 129 Å². The molecule has 21 heavy (non-hydrogen) atoms. The number of benzene rings is 1. The summed E-state index contributed by atoms with van der Waals surface area (Å²) in [5.41, 5.74) is 3.23. The zero-order chi connectivity index (χ0) is 15.1. The van der Waals surface area contributed by atoms with Crippen LogP contribution >= 0.6 is 11.6 Å². The predicted molar refractivity (Wildman–Crippen MR) is 85.1 cm³/mol. The molecule has 0 bridgehead atoms. The van der Waals surface area contributed by atoms with Gasteiger partial charge in [0.15, 0.2) is 0 Å². The van der Waals surface area contributed by atoms with Crippen LogP contribution in [0.1, 0.15) is 23.2 Å². The first-order valence-electron chi connectivity index (χ1n) is 6.85. The van der Waals surface area contributed by atoms with Crippen LogP contribution in [0.3, 0.4) is 0 Å². The third kappa shape index (κ3) is 5.08. The zero-order valence-corrected chi connectivity index (χ0v) is 12.7. The number of halogens is 1. The number of hydrogen-bond acceptors (Lipinski definition) is 2. The molecule has 110 valence electrons. The van der Waals surface area contributed by atoms with Gasteiger partial charge < -0.3 is 5.32 Å². The molecule has 0 fully saturated rings. The van der Waals surface area contributed by atoms with Crippen molar-refractivity contribution in [3.63, 3.8) is 0 Å². The maximum absolute atomic E-state index is 11.7. The second-order valence-corrected chi connectivity index (χ2v) is 5.24. The average molecular weight is 304 g/mol. The second-order valence-electron chi connectivity index (χ2n) is 4.80. The molecular weight excluding hydrogens is 286 g/mol. The van der Waals surface area contributed by atoms with Crippen LogP contribution in [0, 0.1) is 6.92 Å². The van der Waals surface area contributed by atoms with Crippen molar-refractivity contribution in [2.45, 2.75) is 19.8 Å². The molecule has 1 aromatic heterocycles. The molecule has 0 aliphatic carbocycles. The lowest BCUT2D eigenvalue weighted by atomic mass is 10.1. The summed E-state index contributed by atoms with van der Waals surface area (Å²) in [6.07, 6.45) is 6.93. The van der Waals surface area contributed by atoms with Gasteiger partial charge in [-0.2, -0.15) is 5.10 Å². The first-order chi connectivity index (χ1) is 10.1. The highest BCUT2D eigenvalue weighted by Gasteiger charge is 2.00. The van der Waals surface area contributed by atoms with E-state index in [4.69, 9.17) is 11.6 Å². The van der Waals surface area contributed by atoms with Crippen LogP contribution in [0.2, 0.25) is 5.02 Å². The van der Waals surface area contributed by atoms with Gasteiger partial charge >= 0.3 is 0 Å². The molecule has 1 aromatic carbocycles. The monoisotopic (exact) mass is 303 g/mol. The van der Waals surface area contributed by atoms with E-state index in [1.165, 1.54) is 11.6 Å². The lowest BCUT2D eigenvalue weighted by molar-refractivity contribution is -0.116. The van der Waals surface area contributed by atoms with Gasteiger partial charge in [0.25, 0.3) is 0 Å². The highest BCUT2D eigenvalue weighted by molar-refractivity contribution is 6.30. The Kier molecular flexibility index (Phi) is 5.58. The van der Waals surface area contributed by atoms with E-state index in [9.17, 15) is 4.79 Å². The number of carbonyl (C=O) groups is 1. The number of rotatable bonds is 6. The highest BCUT2D eigenvalue weighted by atomic mass is 35.5. The Hall–Kier alpha value is -2.07. The van der Waals surface area contributed by atoms with E-state index in [2.05, 4.69) is 15.5 Å². The average Bonchev–Trinajstić information content (AvgIpc) is 2.88. The quantitative estimate of drug-likeness (QED) is 0.636. The molecule has 0 radical (unpaired) electrons. The number of amides is 1. The summed E-state index contributed by atoms with van der Waals surface area (Å²) in [5.74, 6) is -0.0890. The molecule has 2 N–H and O–H groups in total. The van der Waals surface area contributed by atoms with Crippen molar-refractivity contribution in [1.82, 2.24) is 15.5 Å². The van der Waals surface area contributed by atoms with E-state index in [0.29, 0.717) is 11.6 Å². The van der Waals surface area contributed by atoms with E-state index >= 15 is 0 Å². The van der Waals surface area contributed by atoms with Crippen molar-refractivity contribution >= 4 is 23.6 Å². The fourth-order valence-electron chi connectivity index (χ4n) is 1.92. The molecular formula is C16H18ClN3O. The molecule has 0 spiro atoms. The first kappa shape index (κ1) is 15.3. The maximum Gasteiger partial charge on any atom is 0.243 e. The Morgan fingerprint density at radius 2 is 2.14 bits per heavy atom. The van der Waals surface area contributed by atoms with Gasteiger partial charge in [-0.05, 0) is 49.1 Å². The standard InChI is InChI=1S/C16H18ClN3O/c1-12-14(11-19-20-12)3-2-10-18-16(21)9-6-13-4-7-15(17)8-5-13/h4-9,11H,2-3,10H2,1H3,(H,18,21)(H,19,20). The van der Waals surface area contributed by atoms with Gasteiger partial charge in [-0.1, -0.05) is 23.7 Å². The van der Waals surface area contributed by atoms with Crippen LogP contribution in [0.25, 0.3) is 6.08 Å². The van der Waals surface area contributed by atoms with E-state index < -0.39 is 0 Å². The van der Waals surface area contributed by atoms with Crippen molar-refractivity contribution in [3.05, 3.63) is 58.4 Å². The Balaban J connectivity index is 1.70. The molecule has 0 aliphatic rings. The number of aromatic amines is 1. The number of aryl methyl sites for hydroxylation is 2. The summed E-state index contributed by atoms with van der Waals surface area (Å²) in [5, 5.41) is 10.4. The smallest absolute Gasteiger partial charge is 0.243 e. The van der Waals surface area contributed by atoms with E-state index in [0.717, 1.165) is 24.1 Å². The first-order valence-corrected chi connectivity index (χ1v) is 7.23. The van der Waals surface area contributed by atoms with E-state index in [1.54, 1.807) is 18.2 Å². The van der Waals surface area contributed by atoms with Crippen LogP contribution in [0.5, 0.6) is 0 Å². The fraction of sp³-hybridized carbons (Fsp3) is 0.250. The van der Waals surface area contributed by atoms with Gasteiger partial charge in [0.05, 0.1) is 6.20 Å². The molecule has 5 heteroatoms. The second kappa shape index (κ2) is 7.64. The third-order valence-electron chi connectivity index (χ3n) is 3.15. The largest absolute Gasteiger partial charge is 0.353 e. The van der Waals surface area contributed by atoms with Crippen molar-refractivity contribution in [3.8, 4) is 0 Å². The normalized spacial score (nSPS) is 11.0. The number of nitrogens with one attached hydrogen (secondary N) is 2.